The summed E-state index contributed by atoms with van der Waals surface area (Å²) in [5, 5.41) is 0. The van der Waals surface area contributed by atoms with Crippen molar-refractivity contribution in [3.63, 3.8) is 0 Å². The third-order valence-electron chi connectivity index (χ3n) is 1.30. The zero-order valence-electron chi connectivity index (χ0n) is 6.79. The maximum absolute atomic E-state index is 12.5. The van der Waals surface area contributed by atoms with Crippen LogP contribution >= 0.6 is 0 Å². The largest absolute Gasteiger partial charge is 0.292 e. The number of allylic oxidation sites excluding steroid dienone is 2. The highest BCUT2D eigenvalue weighted by Gasteiger charge is 2.09. The first-order chi connectivity index (χ1) is 5.09. The maximum Gasteiger partial charge on any atom is 0.197 e. The molecule has 0 aromatic rings. The number of unbranched alkanes of at least 4 members (excludes halogenated alkanes) is 1. The van der Waals surface area contributed by atoms with E-state index >= 15 is 0 Å². The number of rotatable bonds is 4. The predicted octanol–water partition coefficient (Wildman–Crippen LogP) is 2.92. The lowest BCUT2D eigenvalue weighted by molar-refractivity contribution is -0.115. The van der Waals surface area contributed by atoms with Crippen molar-refractivity contribution in [1.82, 2.24) is 0 Å². The average molecular weight is 162 g/mol. The molecule has 0 unspecified atom stereocenters. The minimum atomic E-state index is -1.22. The molecule has 0 saturated heterocycles. The number of halogens is 2. The lowest BCUT2D eigenvalue weighted by atomic mass is 10.2. The summed E-state index contributed by atoms with van der Waals surface area (Å²) in [4.78, 5) is 10.3. The van der Waals surface area contributed by atoms with Crippen molar-refractivity contribution in [2.24, 2.45) is 0 Å². The fourth-order valence-corrected chi connectivity index (χ4v) is 0.633. The van der Waals surface area contributed by atoms with Gasteiger partial charge in [0.1, 0.15) is 5.83 Å². The van der Waals surface area contributed by atoms with Crippen LogP contribution < -0.4 is 0 Å². The molecule has 0 amide bonds. The second-order valence-electron chi connectivity index (χ2n) is 2.38. The first-order valence-electron chi connectivity index (χ1n) is 3.64. The molecule has 0 spiro atoms. The summed E-state index contributed by atoms with van der Waals surface area (Å²) in [6.45, 7) is 2.89. The molecule has 0 fully saturated rings. The summed E-state index contributed by atoms with van der Waals surface area (Å²) < 4.78 is 24.9. The van der Waals surface area contributed by atoms with Gasteiger partial charge in [-0.15, -0.1) is 0 Å². The number of hydrogen-bond donors (Lipinski definition) is 0. The minimum Gasteiger partial charge on any atom is -0.292 e. The fourth-order valence-electron chi connectivity index (χ4n) is 0.633. The molecule has 64 valence electrons. The van der Waals surface area contributed by atoms with Gasteiger partial charge < -0.3 is 0 Å². The van der Waals surface area contributed by atoms with E-state index in [-0.39, 0.29) is 6.42 Å². The molecular formula is C8H12F2O. The summed E-state index contributed by atoms with van der Waals surface area (Å²) in [5.41, 5.74) is 0. The third-order valence-corrected chi connectivity index (χ3v) is 1.30. The Morgan fingerprint density at radius 3 is 2.27 bits per heavy atom. The molecule has 0 heterocycles. The lowest BCUT2D eigenvalue weighted by Gasteiger charge is -1.95. The summed E-state index contributed by atoms with van der Waals surface area (Å²) in [6, 6.07) is 0. The van der Waals surface area contributed by atoms with Gasteiger partial charge in [0.2, 0.25) is 0 Å². The van der Waals surface area contributed by atoms with Gasteiger partial charge >= 0.3 is 0 Å². The first-order valence-corrected chi connectivity index (χ1v) is 3.64. The van der Waals surface area contributed by atoms with Crippen molar-refractivity contribution in [3.8, 4) is 0 Å². The molecule has 0 aromatic heterocycles. The molecule has 11 heavy (non-hydrogen) atoms. The molecule has 0 saturated carbocycles. The molecular weight excluding hydrogens is 150 g/mol. The number of hydrogen-bond acceptors (Lipinski definition) is 1. The number of carbonyl (C=O) groups is 1. The van der Waals surface area contributed by atoms with Gasteiger partial charge in [-0.05, 0) is 6.42 Å². The molecule has 0 aliphatic heterocycles. The Hall–Kier alpha value is -0.730. The normalized spacial score (nSPS) is 12.7. The van der Waals surface area contributed by atoms with Gasteiger partial charge in [0, 0.05) is 13.3 Å². The molecule has 0 atom stereocenters. The Balaban J connectivity index is 4.05. The van der Waals surface area contributed by atoms with Gasteiger partial charge in [-0.25, -0.2) is 8.78 Å². The topological polar surface area (TPSA) is 17.1 Å². The standard InChI is InChI=1S/C8H12F2O/c1-3-4-5-7(9)8(10)6(2)11/h3-5H2,1-2H3/b8-7+. The quantitative estimate of drug-likeness (QED) is 0.581. The van der Waals surface area contributed by atoms with E-state index in [9.17, 15) is 13.6 Å². The van der Waals surface area contributed by atoms with E-state index in [0.717, 1.165) is 13.3 Å². The molecule has 0 bridgehead atoms. The van der Waals surface area contributed by atoms with Gasteiger partial charge in [0.25, 0.3) is 0 Å². The van der Waals surface area contributed by atoms with Gasteiger partial charge in [-0.3, -0.25) is 4.79 Å². The number of Topliss-reactive ketones (excluding diaryl/α,β-unsaturated/α-hetero) is 1. The highest BCUT2D eigenvalue weighted by atomic mass is 19.2. The predicted molar refractivity (Wildman–Crippen MR) is 39.4 cm³/mol. The molecule has 0 aromatic carbocycles. The molecule has 3 heteroatoms. The van der Waals surface area contributed by atoms with Crippen molar-refractivity contribution in [2.45, 2.75) is 33.1 Å². The van der Waals surface area contributed by atoms with E-state index < -0.39 is 17.4 Å². The molecule has 0 aliphatic carbocycles. The van der Waals surface area contributed by atoms with Gasteiger partial charge in [-0.1, -0.05) is 13.3 Å². The van der Waals surface area contributed by atoms with Crippen LogP contribution in [0, 0.1) is 0 Å². The van der Waals surface area contributed by atoms with Crippen molar-refractivity contribution < 1.29 is 13.6 Å². The van der Waals surface area contributed by atoms with Gasteiger partial charge in [0.05, 0.1) is 0 Å². The maximum atomic E-state index is 12.5. The Labute approximate surface area is 65.1 Å². The number of carbonyl (C=O) groups excluding carboxylic acids is 1. The van der Waals surface area contributed by atoms with Crippen molar-refractivity contribution in [1.29, 1.82) is 0 Å². The Morgan fingerprint density at radius 2 is 1.91 bits per heavy atom. The van der Waals surface area contributed by atoms with E-state index in [1.165, 1.54) is 0 Å². The second-order valence-corrected chi connectivity index (χ2v) is 2.38. The zero-order chi connectivity index (χ0) is 8.85. The third kappa shape index (κ3) is 3.86. The van der Waals surface area contributed by atoms with E-state index in [2.05, 4.69) is 0 Å². The second kappa shape index (κ2) is 4.99. The molecule has 0 N–H and O–H groups in total. The van der Waals surface area contributed by atoms with Crippen LogP contribution in [0.25, 0.3) is 0 Å². The molecule has 0 radical (unpaired) electrons. The summed E-state index contributed by atoms with van der Waals surface area (Å²) in [5.74, 6) is -2.98. The van der Waals surface area contributed by atoms with Crippen LogP contribution in [0.5, 0.6) is 0 Å². The number of ketones is 1. The Morgan fingerprint density at radius 1 is 1.36 bits per heavy atom. The van der Waals surface area contributed by atoms with Crippen LogP contribution in [0.15, 0.2) is 11.7 Å². The first kappa shape index (κ1) is 10.3. The smallest absolute Gasteiger partial charge is 0.197 e. The van der Waals surface area contributed by atoms with E-state index in [4.69, 9.17) is 0 Å². The van der Waals surface area contributed by atoms with Crippen LogP contribution in [0.3, 0.4) is 0 Å². The SMILES string of the molecule is CCCC/C(F)=C(\F)C(C)=O. The highest BCUT2D eigenvalue weighted by Crippen LogP contribution is 2.15. The van der Waals surface area contributed by atoms with Crippen molar-refractivity contribution >= 4 is 5.78 Å². The van der Waals surface area contributed by atoms with Crippen LogP contribution in [-0.4, -0.2) is 5.78 Å². The molecule has 0 rings (SSSR count). The van der Waals surface area contributed by atoms with Crippen LogP contribution in [0.4, 0.5) is 8.78 Å². The van der Waals surface area contributed by atoms with Crippen molar-refractivity contribution in [3.05, 3.63) is 11.7 Å². The molecule has 0 aliphatic rings. The fraction of sp³-hybridized carbons (Fsp3) is 0.625. The van der Waals surface area contributed by atoms with E-state index in [1.54, 1.807) is 0 Å². The summed E-state index contributed by atoms with van der Waals surface area (Å²) >= 11 is 0. The van der Waals surface area contributed by atoms with E-state index in [0.29, 0.717) is 6.42 Å². The summed E-state index contributed by atoms with van der Waals surface area (Å²) in [6.07, 6.45) is 1.40. The van der Waals surface area contributed by atoms with Gasteiger partial charge in [-0.2, -0.15) is 0 Å². The van der Waals surface area contributed by atoms with Gasteiger partial charge in [0.15, 0.2) is 11.6 Å². The summed E-state index contributed by atoms with van der Waals surface area (Å²) in [7, 11) is 0. The lowest BCUT2D eigenvalue weighted by Crippen LogP contribution is -1.93. The van der Waals surface area contributed by atoms with Crippen LogP contribution in [0.1, 0.15) is 33.1 Å². The zero-order valence-corrected chi connectivity index (χ0v) is 6.79. The monoisotopic (exact) mass is 162 g/mol. The average Bonchev–Trinajstić information content (AvgIpc) is 1.98. The highest BCUT2D eigenvalue weighted by molar-refractivity contribution is 5.91. The Bertz CT molecular complexity index is 173. The van der Waals surface area contributed by atoms with Crippen LogP contribution in [0.2, 0.25) is 0 Å². The van der Waals surface area contributed by atoms with Crippen molar-refractivity contribution in [2.75, 3.05) is 0 Å². The molecule has 1 nitrogen and oxygen atoms in total. The van der Waals surface area contributed by atoms with Crippen LogP contribution in [-0.2, 0) is 4.79 Å². The minimum absolute atomic E-state index is 0.0297. The Kier molecular flexibility index (Phi) is 4.66. The van der Waals surface area contributed by atoms with E-state index in [1.807, 2.05) is 6.92 Å².